The first-order chi connectivity index (χ1) is 8.81. The molecule has 2 atom stereocenters. The van der Waals surface area contributed by atoms with E-state index < -0.39 is 0 Å². The van der Waals surface area contributed by atoms with E-state index in [1.165, 1.54) is 16.2 Å². The predicted molar refractivity (Wildman–Crippen MR) is 80.6 cm³/mol. The first-order valence-corrected chi connectivity index (χ1v) is 8.23. The molecule has 0 radical (unpaired) electrons. The van der Waals surface area contributed by atoms with Gasteiger partial charge in [0.1, 0.15) is 0 Å². The number of nitrogens with one attached hydrogen (secondary N) is 1. The summed E-state index contributed by atoms with van der Waals surface area (Å²) >= 11 is 3.87. The van der Waals surface area contributed by atoms with Crippen molar-refractivity contribution in [2.75, 3.05) is 19.8 Å². The molecule has 0 saturated carbocycles. The molecule has 0 amide bonds. The summed E-state index contributed by atoms with van der Waals surface area (Å²) in [6, 6.07) is 2.76. The van der Waals surface area contributed by atoms with E-state index in [-0.39, 0.29) is 0 Å². The third-order valence-corrected chi connectivity index (χ3v) is 5.36. The van der Waals surface area contributed by atoms with Crippen LogP contribution in [0.5, 0.6) is 0 Å². The first kappa shape index (κ1) is 14.1. The maximum absolute atomic E-state index is 5.53. The third-order valence-electron chi connectivity index (χ3n) is 3.01. The van der Waals surface area contributed by atoms with Gasteiger partial charge in [-0.15, -0.1) is 29.7 Å². The molecule has 0 saturated heterocycles. The summed E-state index contributed by atoms with van der Waals surface area (Å²) in [5.74, 6) is 0. The zero-order valence-electron chi connectivity index (χ0n) is 10.9. The summed E-state index contributed by atoms with van der Waals surface area (Å²) < 4.78 is 7.01. The molecular formula is C14H21NOS2. The number of fused-ring (bicyclic) bond motifs is 1. The quantitative estimate of drug-likeness (QED) is 0.606. The molecule has 4 heteroatoms. The van der Waals surface area contributed by atoms with Crippen LogP contribution in [0.3, 0.4) is 0 Å². The molecule has 1 aliphatic rings. The van der Waals surface area contributed by atoms with Gasteiger partial charge in [-0.05, 0) is 29.9 Å². The second-order valence-electron chi connectivity index (χ2n) is 4.52. The molecule has 1 aromatic rings. The zero-order chi connectivity index (χ0) is 12.8. The molecule has 1 aromatic heterocycles. The molecule has 0 aliphatic carbocycles. The van der Waals surface area contributed by atoms with Crippen LogP contribution < -0.4 is 5.32 Å². The van der Waals surface area contributed by atoms with E-state index in [4.69, 9.17) is 4.74 Å². The molecule has 100 valence electrons. The Kier molecular flexibility index (Phi) is 5.76. The van der Waals surface area contributed by atoms with Gasteiger partial charge in [0.25, 0.3) is 0 Å². The van der Waals surface area contributed by atoms with E-state index in [0.29, 0.717) is 11.3 Å². The van der Waals surface area contributed by atoms with Crippen molar-refractivity contribution in [3.63, 3.8) is 0 Å². The Bertz CT molecular complexity index is 378. The second-order valence-corrected chi connectivity index (χ2v) is 7.15. The molecule has 2 heterocycles. The minimum Gasteiger partial charge on any atom is -0.380 e. The van der Waals surface area contributed by atoms with Gasteiger partial charge in [0, 0.05) is 17.8 Å². The summed E-state index contributed by atoms with van der Waals surface area (Å²) in [6.07, 6.45) is 4.04. The Morgan fingerprint density at radius 2 is 2.44 bits per heavy atom. The van der Waals surface area contributed by atoms with Crippen LogP contribution in [0, 0.1) is 0 Å². The molecule has 2 nitrogen and oxygen atoms in total. The van der Waals surface area contributed by atoms with Crippen LogP contribution in [0.4, 0.5) is 0 Å². The van der Waals surface area contributed by atoms with Crippen LogP contribution in [0.15, 0.2) is 28.3 Å². The number of hydrogen-bond acceptors (Lipinski definition) is 4. The predicted octanol–water partition coefficient (Wildman–Crippen LogP) is 3.86. The fourth-order valence-corrected chi connectivity index (χ4v) is 4.68. The Labute approximate surface area is 118 Å². The molecule has 1 N–H and O–H groups in total. The molecule has 18 heavy (non-hydrogen) atoms. The van der Waals surface area contributed by atoms with Gasteiger partial charge in [-0.25, -0.2) is 0 Å². The van der Waals surface area contributed by atoms with Gasteiger partial charge >= 0.3 is 0 Å². The molecule has 0 bridgehead atoms. The van der Waals surface area contributed by atoms with Gasteiger partial charge in [-0.1, -0.05) is 13.0 Å². The van der Waals surface area contributed by atoms with Crippen molar-refractivity contribution < 1.29 is 4.74 Å². The zero-order valence-corrected chi connectivity index (χ0v) is 12.5. The van der Waals surface area contributed by atoms with Crippen molar-refractivity contribution in [1.82, 2.24) is 5.32 Å². The molecular weight excluding hydrogens is 262 g/mol. The molecule has 0 fully saturated rings. The molecule has 2 rings (SSSR count). The molecule has 1 aliphatic heterocycles. The van der Waals surface area contributed by atoms with Crippen LogP contribution in [0.25, 0.3) is 0 Å². The minimum absolute atomic E-state index is 0.505. The van der Waals surface area contributed by atoms with Crippen LogP contribution in [0.1, 0.15) is 31.4 Å². The topological polar surface area (TPSA) is 21.3 Å². The maximum atomic E-state index is 5.53. The van der Waals surface area contributed by atoms with Gasteiger partial charge in [-0.2, -0.15) is 0 Å². The summed E-state index contributed by atoms with van der Waals surface area (Å²) in [6.45, 7) is 8.48. The Hall–Kier alpha value is -0.290. The van der Waals surface area contributed by atoms with Crippen molar-refractivity contribution in [3.8, 4) is 0 Å². The highest BCUT2D eigenvalue weighted by Gasteiger charge is 2.25. The van der Waals surface area contributed by atoms with Crippen molar-refractivity contribution in [2.24, 2.45) is 0 Å². The van der Waals surface area contributed by atoms with Crippen molar-refractivity contribution in [3.05, 3.63) is 29.7 Å². The number of thioether (sulfide) groups is 1. The van der Waals surface area contributed by atoms with E-state index in [2.05, 4.69) is 30.3 Å². The van der Waals surface area contributed by atoms with Gasteiger partial charge in [-0.3, -0.25) is 0 Å². The van der Waals surface area contributed by atoms with Crippen LogP contribution >= 0.6 is 23.1 Å². The standard InChI is InChI=1S/C14H21NOS2/c1-3-4-7-16-8-6-15-13-10-11(2)18-14-12(13)5-9-17-14/h3,5,9,11,13,15H,1,4,6-8,10H2,2H3/t11-,13?/m0/s1. The van der Waals surface area contributed by atoms with E-state index in [0.717, 1.165) is 26.2 Å². The number of ether oxygens (including phenoxy) is 1. The summed E-state index contributed by atoms with van der Waals surface area (Å²) in [5.41, 5.74) is 1.48. The first-order valence-electron chi connectivity index (χ1n) is 6.47. The van der Waals surface area contributed by atoms with Crippen molar-refractivity contribution in [2.45, 2.75) is 35.3 Å². The Morgan fingerprint density at radius 3 is 3.28 bits per heavy atom. The van der Waals surface area contributed by atoms with Gasteiger partial charge in [0.2, 0.25) is 0 Å². The molecule has 0 aromatic carbocycles. The van der Waals surface area contributed by atoms with E-state index >= 15 is 0 Å². The number of hydrogen-bond donors (Lipinski definition) is 1. The highest BCUT2D eigenvalue weighted by Crippen LogP contribution is 2.43. The monoisotopic (exact) mass is 283 g/mol. The van der Waals surface area contributed by atoms with E-state index in [1.54, 1.807) is 0 Å². The lowest BCUT2D eigenvalue weighted by Gasteiger charge is -2.27. The second kappa shape index (κ2) is 7.34. The lowest BCUT2D eigenvalue weighted by atomic mass is 10.1. The van der Waals surface area contributed by atoms with Gasteiger partial charge < -0.3 is 10.1 Å². The largest absolute Gasteiger partial charge is 0.380 e. The third kappa shape index (κ3) is 3.85. The highest BCUT2D eigenvalue weighted by atomic mass is 32.2. The SMILES string of the molecule is C=CCCOCCNC1C[C@H](C)Sc2sccc21. The summed E-state index contributed by atoms with van der Waals surface area (Å²) in [4.78, 5) is 0. The van der Waals surface area contributed by atoms with Crippen LogP contribution in [0.2, 0.25) is 0 Å². The fraction of sp³-hybridized carbons (Fsp3) is 0.571. The normalized spacial score (nSPS) is 22.7. The molecule has 0 spiro atoms. The summed E-state index contributed by atoms with van der Waals surface area (Å²) in [7, 11) is 0. The lowest BCUT2D eigenvalue weighted by molar-refractivity contribution is 0.137. The highest BCUT2D eigenvalue weighted by molar-refractivity contribution is 8.01. The minimum atomic E-state index is 0.505. The van der Waals surface area contributed by atoms with Crippen molar-refractivity contribution >= 4 is 23.1 Å². The molecule has 1 unspecified atom stereocenters. The van der Waals surface area contributed by atoms with Gasteiger partial charge in [0.05, 0.1) is 17.4 Å². The van der Waals surface area contributed by atoms with Crippen LogP contribution in [-0.4, -0.2) is 25.0 Å². The number of rotatable bonds is 7. The summed E-state index contributed by atoms with van der Waals surface area (Å²) in [5, 5.41) is 6.52. The fourth-order valence-electron chi connectivity index (χ4n) is 2.12. The lowest BCUT2D eigenvalue weighted by Crippen LogP contribution is -2.29. The Balaban J connectivity index is 1.75. The number of thiophene rings is 1. The van der Waals surface area contributed by atoms with E-state index in [9.17, 15) is 0 Å². The van der Waals surface area contributed by atoms with Crippen molar-refractivity contribution in [1.29, 1.82) is 0 Å². The van der Waals surface area contributed by atoms with Gasteiger partial charge in [0.15, 0.2) is 0 Å². The average Bonchev–Trinajstić information content (AvgIpc) is 2.81. The maximum Gasteiger partial charge on any atom is 0.0649 e. The van der Waals surface area contributed by atoms with Crippen LogP contribution in [-0.2, 0) is 4.74 Å². The van der Waals surface area contributed by atoms with E-state index in [1.807, 2.05) is 29.2 Å². The average molecular weight is 283 g/mol. The Morgan fingerprint density at radius 1 is 1.56 bits per heavy atom. The smallest absolute Gasteiger partial charge is 0.0649 e.